The highest BCUT2D eigenvalue weighted by Crippen LogP contribution is 2.68. The van der Waals surface area contributed by atoms with Gasteiger partial charge in [0.2, 0.25) is 0 Å². The summed E-state index contributed by atoms with van der Waals surface area (Å²) in [6, 6.07) is 10.7. The van der Waals surface area contributed by atoms with Crippen LogP contribution in [-0.4, -0.2) is 22.8 Å². The predicted octanol–water partition coefficient (Wildman–Crippen LogP) is 6.32. The molecule has 0 heterocycles. The number of benzene rings is 1. The Kier molecular flexibility index (Phi) is 5.72. The van der Waals surface area contributed by atoms with Gasteiger partial charge < -0.3 is 9.84 Å². The largest absolute Gasteiger partial charge is 0.463 e. The molecule has 0 radical (unpaired) electrons. The number of hydrogen-bond acceptors (Lipinski definition) is 3. The van der Waals surface area contributed by atoms with E-state index in [1.54, 1.807) is 6.92 Å². The number of hydrogen-bond donors (Lipinski definition) is 1. The fourth-order valence-electron chi connectivity index (χ4n) is 9.08. The van der Waals surface area contributed by atoms with Gasteiger partial charge in [0.1, 0.15) is 6.10 Å². The number of carbonyl (C=O) groups is 1. The summed E-state index contributed by atoms with van der Waals surface area (Å²) in [6.45, 7) is 6.53. The summed E-state index contributed by atoms with van der Waals surface area (Å²) in [7, 11) is 0. The Morgan fingerprint density at radius 3 is 2.50 bits per heavy atom. The van der Waals surface area contributed by atoms with Crippen LogP contribution in [0.15, 0.2) is 30.3 Å². The summed E-state index contributed by atoms with van der Waals surface area (Å²) in [5.41, 5.74) is 1.26. The first-order chi connectivity index (χ1) is 15.3. The van der Waals surface area contributed by atoms with Gasteiger partial charge in [-0.25, -0.2) is 0 Å². The highest BCUT2D eigenvalue weighted by atomic mass is 16.5. The molecule has 1 aromatic rings. The van der Waals surface area contributed by atoms with E-state index in [9.17, 15) is 9.90 Å². The minimum absolute atomic E-state index is 0.0566. The number of ether oxygens (including phenoxy) is 1. The molecule has 5 rings (SSSR count). The Balaban J connectivity index is 1.31. The van der Waals surface area contributed by atoms with E-state index in [0.29, 0.717) is 17.3 Å². The lowest BCUT2D eigenvalue weighted by Gasteiger charge is -2.61. The van der Waals surface area contributed by atoms with Gasteiger partial charge in [0.25, 0.3) is 0 Å². The van der Waals surface area contributed by atoms with Crippen LogP contribution >= 0.6 is 0 Å². The van der Waals surface area contributed by atoms with Crippen molar-refractivity contribution in [3.8, 4) is 0 Å². The molecule has 3 nitrogen and oxygen atoms in total. The third-order valence-corrected chi connectivity index (χ3v) is 10.9. The van der Waals surface area contributed by atoms with Crippen LogP contribution in [0.3, 0.4) is 0 Å². The van der Waals surface area contributed by atoms with Gasteiger partial charge in [-0.2, -0.15) is 0 Å². The second-order valence-corrected chi connectivity index (χ2v) is 12.2. The first-order valence-electron chi connectivity index (χ1n) is 13.2. The van der Waals surface area contributed by atoms with Crippen LogP contribution in [0, 0.1) is 34.5 Å². The second kappa shape index (κ2) is 8.15. The Labute approximate surface area is 194 Å². The molecule has 0 saturated heterocycles. The molecular formula is C29H42O3. The van der Waals surface area contributed by atoms with Crippen LogP contribution in [0.25, 0.3) is 0 Å². The molecule has 176 valence electrons. The van der Waals surface area contributed by atoms with Crippen LogP contribution in [0.5, 0.6) is 0 Å². The molecule has 4 saturated carbocycles. The van der Waals surface area contributed by atoms with E-state index in [0.717, 1.165) is 43.9 Å². The zero-order valence-corrected chi connectivity index (χ0v) is 20.3. The van der Waals surface area contributed by atoms with Crippen molar-refractivity contribution in [2.45, 2.75) is 103 Å². The molecule has 0 bridgehead atoms. The minimum Gasteiger partial charge on any atom is -0.463 e. The summed E-state index contributed by atoms with van der Waals surface area (Å²) >= 11 is 0. The van der Waals surface area contributed by atoms with Crippen molar-refractivity contribution in [1.29, 1.82) is 0 Å². The number of esters is 1. The van der Waals surface area contributed by atoms with Crippen molar-refractivity contribution >= 4 is 5.97 Å². The van der Waals surface area contributed by atoms with Gasteiger partial charge in [-0.1, -0.05) is 44.2 Å². The number of aryl methyl sites for hydroxylation is 1. The SMILES string of the molecule is CC(=O)O[C@H]1CC[C@]2(C)[C@H](CC[C@H]3[C@H]4CC[C@@](O)(CCc5ccccc5)[C@]4(C)CC[C@@H]32)C1. The summed E-state index contributed by atoms with van der Waals surface area (Å²) < 4.78 is 5.63. The summed E-state index contributed by atoms with van der Waals surface area (Å²) in [5.74, 6) is 2.75. The predicted molar refractivity (Wildman–Crippen MR) is 127 cm³/mol. The van der Waals surface area contributed by atoms with Gasteiger partial charge in [-0.15, -0.1) is 0 Å². The number of carbonyl (C=O) groups excluding carboxylic acids is 1. The average Bonchev–Trinajstić information content (AvgIpc) is 3.04. The van der Waals surface area contributed by atoms with Crippen LogP contribution in [0.1, 0.15) is 90.5 Å². The maximum Gasteiger partial charge on any atom is 0.302 e. The Morgan fingerprint density at radius 2 is 1.75 bits per heavy atom. The fourth-order valence-corrected chi connectivity index (χ4v) is 9.08. The van der Waals surface area contributed by atoms with Crippen molar-refractivity contribution in [3.05, 3.63) is 35.9 Å². The lowest BCUT2D eigenvalue weighted by Crippen LogP contribution is -2.57. The fraction of sp³-hybridized carbons (Fsp3) is 0.759. The molecule has 0 aliphatic heterocycles. The van der Waals surface area contributed by atoms with E-state index < -0.39 is 5.60 Å². The van der Waals surface area contributed by atoms with E-state index in [4.69, 9.17) is 4.74 Å². The summed E-state index contributed by atoms with van der Waals surface area (Å²) in [5, 5.41) is 12.0. The van der Waals surface area contributed by atoms with Gasteiger partial charge in [0.05, 0.1) is 5.60 Å². The van der Waals surface area contributed by atoms with Gasteiger partial charge in [0, 0.05) is 6.92 Å². The Bertz CT molecular complexity index is 836. The van der Waals surface area contributed by atoms with Gasteiger partial charge in [-0.3, -0.25) is 4.79 Å². The normalized spacial score (nSPS) is 45.4. The van der Waals surface area contributed by atoms with Crippen molar-refractivity contribution in [1.82, 2.24) is 0 Å². The third kappa shape index (κ3) is 3.54. The molecule has 32 heavy (non-hydrogen) atoms. The topological polar surface area (TPSA) is 46.5 Å². The standard InChI is InChI=1S/C29H42O3/c1-20(30)32-23-12-15-27(2)22(19-23)9-10-24-25(27)13-16-28(3)26(24)14-18-29(28,31)17-11-21-7-5-4-6-8-21/h4-8,22-26,31H,9-19H2,1-3H3/t22-,23+,24-,25+,26-,27-,28-,29+/m1/s1. The van der Waals surface area contributed by atoms with Crippen molar-refractivity contribution in [2.75, 3.05) is 0 Å². The molecule has 1 aromatic carbocycles. The van der Waals surface area contributed by atoms with E-state index in [-0.39, 0.29) is 17.5 Å². The molecule has 4 fully saturated rings. The van der Waals surface area contributed by atoms with Crippen LogP contribution in [0.4, 0.5) is 0 Å². The van der Waals surface area contributed by atoms with Crippen LogP contribution in [0.2, 0.25) is 0 Å². The zero-order valence-electron chi connectivity index (χ0n) is 20.3. The first kappa shape index (κ1) is 22.4. The maximum atomic E-state index is 12.0. The number of rotatable bonds is 4. The first-order valence-corrected chi connectivity index (χ1v) is 13.2. The molecule has 4 aliphatic rings. The van der Waals surface area contributed by atoms with Gasteiger partial charge >= 0.3 is 5.97 Å². The molecule has 3 heteroatoms. The van der Waals surface area contributed by atoms with E-state index in [1.165, 1.54) is 44.1 Å². The Morgan fingerprint density at radius 1 is 1.00 bits per heavy atom. The lowest BCUT2D eigenvalue weighted by atomic mass is 9.44. The highest BCUT2D eigenvalue weighted by Gasteiger charge is 2.64. The van der Waals surface area contributed by atoms with Crippen LogP contribution in [-0.2, 0) is 16.0 Å². The quantitative estimate of drug-likeness (QED) is 0.559. The molecule has 1 N–H and O–H groups in total. The van der Waals surface area contributed by atoms with E-state index >= 15 is 0 Å². The molecule has 4 aliphatic carbocycles. The van der Waals surface area contributed by atoms with E-state index in [2.05, 4.69) is 44.2 Å². The molecule has 8 atom stereocenters. The summed E-state index contributed by atoms with van der Waals surface area (Å²) in [4.78, 5) is 11.5. The summed E-state index contributed by atoms with van der Waals surface area (Å²) in [6.07, 6.45) is 12.4. The van der Waals surface area contributed by atoms with Crippen molar-refractivity contribution < 1.29 is 14.6 Å². The highest BCUT2D eigenvalue weighted by molar-refractivity contribution is 5.66. The smallest absolute Gasteiger partial charge is 0.302 e. The van der Waals surface area contributed by atoms with Gasteiger partial charge in [0.15, 0.2) is 0 Å². The molecule has 0 unspecified atom stereocenters. The molecule has 0 aromatic heterocycles. The van der Waals surface area contributed by atoms with Crippen LogP contribution < -0.4 is 0 Å². The average molecular weight is 439 g/mol. The third-order valence-electron chi connectivity index (χ3n) is 10.9. The second-order valence-electron chi connectivity index (χ2n) is 12.2. The monoisotopic (exact) mass is 438 g/mol. The van der Waals surface area contributed by atoms with Crippen molar-refractivity contribution in [2.24, 2.45) is 34.5 Å². The van der Waals surface area contributed by atoms with E-state index in [1.807, 2.05) is 0 Å². The van der Waals surface area contributed by atoms with Gasteiger partial charge in [-0.05, 0) is 111 Å². The Hall–Kier alpha value is -1.35. The number of aliphatic hydroxyl groups is 1. The maximum absolute atomic E-state index is 12.0. The number of fused-ring (bicyclic) bond motifs is 5. The zero-order chi connectivity index (χ0) is 22.6. The molecular weight excluding hydrogens is 396 g/mol. The minimum atomic E-state index is -0.525. The lowest BCUT2D eigenvalue weighted by molar-refractivity contribution is -0.170. The molecule has 0 spiro atoms. The van der Waals surface area contributed by atoms with Crippen molar-refractivity contribution in [3.63, 3.8) is 0 Å². The molecule has 0 amide bonds.